The zero-order valence-corrected chi connectivity index (χ0v) is 22.4. The standard InChI is InChI=1S/C29H40N2O7/c1-27-9-7-19(38-26(35)31-13-11-30-12-14-31)15-18(27)4-5-21-23(27)24(33)25(34)28(2)20(8-10-29(21,28)36)17-3-6-22(32)37-16-17/h3,6,16,18-21,23-24,30,33,36H,4-5,7-15H2,1-2H3/t18-,19+,20-,21-,23-,24+,27+,28+,29+/m1/s1. The SMILES string of the molecule is C[C@]12CC[C@H](OC(=O)N3CCNCC3)C[C@H]1CC[C@@H]1[C@@H]2[C@H](O)C(=O)[C@]2(C)[C@@H](c3ccc(=O)oc3)CC[C@]12O. The molecule has 1 amide bonds. The fourth-order valence-corrected chi connectivity index (χ4v) is 9.28. The molecule has 9 atom stereocenters. The maximum atomic E-state index is 14.1. The van der Waals surface area contributed by atoms with Crippen molar-refractivity contribution in [2.45, 2.75) is 82.5 Å². The van der Waals surface area contributed by atoms with Gasteiger partial charge >= 0.3 is 11.7 Å². The van der Waals surface area contributed by atoms with Crippen molar-refractivity contribution in [3.8, 4) is 0 Å². The number of aliphatic hydroxyl groups is 2. The summed E-state index contributed by atoms with van der Waals surface area (Å²) in [6.07, 6.45) is 4.61. The Hall–Kier alpha value is -2.23. The number of hydrogen-bond acceptors (Lipinski definition) is 8. The van der Waals surface area contributed by atoms with Gasteiger partial charge in [-0.2, -0.15) is 0 Å². The van der Waals surface area contributed by atoms with E-state index in [0.717, 1.165) is 38.8 Å². The maximum Gasteiger partial charge on any atom is 0.410 e. The summed E-state index contributed by atoms with van der Waals surface area (Å²) >= 11 is 0. The van der Waals surface area contributed by atoms with Gasteiger partial charge in [0.1, 0.15) is 12.2 Å². The molecule has 1 aromatic heterocycles. The van der Waals surface area contributed by atoms with Gasteiger partial charge in [-0.25, -0.2) is 9.59 Å². The van der Waals surface area contributed by atoms with Crippen molar-refractivity contribution < 1.29 is 29.0 Å². The van der Waals surface area contributed by atoms with E-state index in [4.69, 9.17) is 9.15 Å². The molecule has 1 aromatic rings. The van der Waals surface area contributed by atoms with Gasteiger partial charge in [0, 0.05) is 44.1 Å². The molecule has 0 spiro atoms. The molecule has 1 saturated heterocycles. The second-order valence-electron chi connectivity index (χ2n) is 12.8. The number of ketones is 1. The third-order valence-electron chi connectivity index (χ3n) is 11.4. The van der Waals surface area contributed by atoms with Crippen LogP contribution in [0, 0.1) is 28.6 Å². The van der Waals surface area contributed by atoms with Crippen LogP contribution in [0.2, 0.25) is 0 Å². The van der Waals surface area contributed by atoms with Crippen LogP contribution >= 0.6 is 0 Å². The van der Waals surface area contributed by atoms with E-state index in [1.54, 1.807) is 17.9 Å². The highest BCUT2D eigenvalue weighted by atomic mass is 16.6. The number of amides is 1. The third kappa shape index (κ3) is 3.64. The van der Waals surface area contributed by atoms with E-state index in [9.17, 15) is 24.6 Å². The molecule has 0 aromatic carbocycles. The number of piperazine rings is 1. The number of carbonyl (C=O) groups is 2. The lowest BCUT2D eigenvalue weighted by molar-refractivity contribution is -0.228. The molecule has 0 unspecified atom stereocenters. The minimum absolute atomic E-state index is 0.166. The summed E-state index contributed by atoms with van der Waals surface area (Å²) in [6, 6.07) is 3.03. The van der Waals surface area contributed by atoms with Crippen LogP contribution in [0.15, 0.2) is 27.6 Å². The Morgan fingerprint density at radius 2 is 1.87 bits per heavy atom. The fourth-order valence-electron chi connectivity index (χ4n) is 9.28. The Kier molecular flexibility index (Phi) is 6.28. The molecule has 4 aliphatic carbocycles. The van der Waals surface area contributed by atoms with E-state index in [1.807, 2.05) is 0 Å². The largest absolute Gasteiger partial charge is 0.446 e. The molecule has 1 aliphatic heterocycles. The molecule has 6 rings (SSSR count). The van der Waals surface area contributed by atoms with E-state index in [0.29, 0.717) is 37.9 Å². The molecular formula is C29H40N2O7. The van der Waals surface area contributed by atoms with Gasteiger partial charge in [0.25, 0.3) is 0 Å². The predicted molar refractivity (Wildman–Crippen MR) is 137 cm³/mol. The number of fused-ring (bicyclic) bond motifs is 5. The Labute approximate surface area is 222 Å². The molecule has 9 heteroatoms. The highest BCUT2D eigenvalue weighted by Gasteiger charge is 2.73. The summed E-state index contributed by atoms with van der Waals surface area (Å²) in [4.78, 5) is 40.1. The number of ether oxygens (including phenoxy) is 1. The van der Waals surface area contributed by atoms with Crippen LogP contribution in [0.5, 0.6) is 0 Å². The van der Waals surface area contributed by atoms with Gasteiger partial charge in [-0.3, -0.25) is 4.79 Å². The zero-order chi connectivity index (χ0) is 26.9. The fraction of sp³-hybridized carbons (Fsp3) is 0.759. The minimum atomic E-state index is -1.24. The van der Waals surface area contributed by atoms with Crippen molar-refractivity contribution in [1.29, 1.82) is 0 Å². The second kappa shape index (κ2) is 9.17. The van der Waals surface area contributed by atoms with Crippen molar-refractivity contribution in [1.82, 2.24) is 10.2 Å². The molecule has 38 heavy (non-hydrogen) atoms. The Balaban J connectivity index is 1.24. The summed E-state index contributed by atoms with van der Waals surface area (Å²) in [6.45, 7) is 6.83. The van der Waals surface area contributed by atoms with E-state index in [2.05, 4.69) is 12.2 Å². The van der Waals surface area contributed by atoms with Gasteiger partial charge in [0.05, 0.1) is 17.3 Å². The smallest absolute Gasteiger partial charge is 0.410 e. The first kappa shape index (κ1) is 26.0. The molecular weight excluding hydrogens is 488 g/mol. The molecule has 208 valence electrons. The van der Waals surface area contributed by atoms with Crippen LogP contribution in [0.1, 0.15) is 70.3 Å². The predicted octanol–water partition coefficient (Wildman–Crippen LogP) is 2.44. The van der Waals surface area contributed by atoms with Crippen molar-refractivity contribution >= 4 is 11.9 Å². The number of nitrogens with zero attached hydrogens (tertiary/aromatic N) is 1. The molecule has 9 nitrogen and oxygen atoms in total. The summed E-state index contributed by atoms with van der Waals surface area (Å²) in [7, 11) is 0. The Morgan fingerprint density at radius 1 is 1.11 bits per heavy atom. The van der Waals surface area contributed by atoms with Crippen molar-refractivity contribution in [2.75, 3.05) is 26.2 Å². The molecule has 0 radical (unpaired) electrons. The van der Waals surface area contributed by atoms with Crippen LogP contribution in [0.4, 0.5) is 4.79 Å². The van der Waals surface area contributed by atoms with E-state index < -0.39 is 22.7 Å². The molecule has 3 N–H and O–H groups in total. The second-order valence-corrected chi connectivity index (χ2v) is 12.8. The highest BCUT2D eigenvalue weighted by Crippen LogP contribution is 2.69. The van der Waals surface area contributed by atoms with Crippen LogP contribution in [-0.2, 0) is 9.53 Å². The number of nitrogens with one attached hydrogen (secondary N) is 1. The van der Waals surface area contributed by atoms with Gasteiger partial charge in [-0.1, -0.05) is 6.92 Å². The van der Waals surface area contributed by atoms with E-state index in [1.165, 1.54) is 12.3 Å². The van der Waals surface area contributed by atoms with Crippen molar-refractivity contribution in [2.24, 2.45) is 28.6 Å². The van der Waals surface area contributed by atoms with Gasteiger partial charge in [-0.15, -0.1) is 0 Å². The summed E-state index contributed by atoms with van der Waals surface area (Å²) in [5.74, 6) is -0.977. The number of aliphatic hydroxyl groups excluding tert-OH is 1. The van der Waals surface area contributed by atoms with Crippen LogP contribution in [0.25, 0.3) is 0 Å². The first-order valence-corrected chi connectivity index (χ1v) is 14.3. The lowest BCUT2D eigenvalue weighted by atomic mass is 9.42. The number of carbonyl (C=O) groups excluding carboxylic acids is 2. The lowest BCUT2D eigenvalue weighted by Gasteiger charge is -2.64. The van der Waals surface area contributed by atoms with Crippen LogP contribution in [0.3, 0.4) is 0 Å². The maximum absolute atomic E-state index is 14.1. The highest BCUT2D eigenvalue weighted by molar-refractivity contribution is 5.93. The van der Waals surface area contributed by atoms with Gasteiger partial charge < -0.3 is 29.6 Å². The third-order valence-corrected chi connectivity index (χ3v) is 11.4. The topological polar surface area (TPSA) is 129 Å². The molecule has 0 bridgehead atoms. The summed E-state index contributed by atoms with van der Waals surface area (Å²) in [5, 5.41) is 27.3. The normalized spacial score (nSPS) is 44.6. The van der Waals surface area contributed by atoms with Gasteiger partial charge in [0.15, 0.2) is 5.78 Å². The lowest BCUT2D eigenvalue weighted by Crippen LogP contribution is -2.70. The Morgan fingerprint density at radius 3 is 2.58 bits per heavy atom. The first-order chi connectivity index (χ1) is 18.1. The molecule has 5 aliphatic rings. The molecule has 2 heterocycles. The van der Waals surface area contributed by atoms with Crippen LogP contribution < -0.4 is 10.9 Å². The number of Topliss-reactive ketones (excluding diaryl/α,β-unsaturated/α-hetero) is 1. The average Bonchev–Trinajstić information content (AvgIpc) is 3.20. The van der Waals surface area contributed by atoms with Crippen molar-refractivity contribution in [3.05, 3.63) is 34.4 Å². The van der Waals surface area contributed by atoms with E-state index >= 15 is 0 Å². The van der Waals surface area contributed by atoms with Gasteiger partial charge in [-0.05, 0) is 80.8 Å². The van der Waals surface area contributed by atoms with Crippen LogP contribution in [-0.4, -0.2) is 71.0 Å². The summed E-state index contributed by atoms with van der Waals surface area (Å²) < 4.78 is 11.0. The summed E-state index contributed by atoms with van der Waals surface area (Å²) in [5.41, 5.74) is -2.47. The van der Waals surface area contributed by atoms with Gasteiger partial charge in [0.2, 0.25) is 0 Å². The average molecular weight is 529 g/mol. The van der Waals surface area contributed by atoms with Crippen molar-refractivity contribution in [3.63, 3.8) is 0 Å². The number of rotatable bonds is 2. The Bertz CT molecular complexity index is 1140. The monoisotopic (exact) mass is 528 g/mol. The molecule has 5 fully saturated rings. The van der Waals surface area contributed by atoms with E-state index in [-0.39, 0.29) is 47.1 Å². The minimum Gasteiger partial charge on any atom is -0.446 e. The number of hydrogen-bond donors (Lipinski definition) is 3. The first-order valence-electron chi connectivity index (χ1n) is 14.3. The zero-order valence-electron chi connectivity index (χ0n) is 22.4. The quantitative estimate of drug-likeness (QED) is 0.534. The molecule has 4 saturated carbocycles.